The summed E-state index contributed by atoms with van der Waals surface area (Å²) in [7, 11) is 0. The monoisotopic (exact) mass is 480 g/mol. The summed E-state index contributed by atoms with van der Waals surface area (Å²) in [6, 6.07) is 10.8. The van der Waals surface area contributed by atoms with Gasteiger partial charge in [-0.25, -0.2) is 30.9 Å². The summed E-state index contributed by atoms with van der Waals surface area (Å²) in [5, 5.41) is 15.5. The van der Waals surface area contributed by atoms with Crippen molar-refractivity contribution in [2.75, 3.05) is 10.3 Å². The van der Waals surface area contributed by atoms with E-state index in [0.717, 1.165) is 22.0 Å². The molecule has 5 N–H and O–H groups in total. The van der Waals surface area contributed by atoms with Crippen LogP contribution in [0, 0.1) is 17.1 Å². The molecule has 3 rings (SSSR count). The minimum Gasteiger partial charge on any atom is -0.443 e. The Bertz CT molecular complexity index is 1270. The van der Waals surface area contributed by atoms with Crippen molar-refractivity contribution in [3.05, 3.63) is 54.0 Å². The van der Waals surface area contributed by atoms with Crippen LogP contribution < -0.4 is 22.0 Å². The summed E-state index contributed by atoms with van der Waals surface area (Å²) in [5.41, 5.74) is 0.548. The topological polar surface area (TPSA) is 146 Å². The molecule has 35 heavy (non-hydrogen) atoms. The molecule has 0 saturated heterocycles. The molecule has 2 heterocycles. The number of nitriles is 1. The lowest BCUT2D eigenvalue weighted by Crippen LogP contribution is -2.52. The van der Waals surface area contributed by atoms with Crippen LogP contribution in [-0.2, 0) is 4.74 Å². The zero-order valence-corrected chi connectivity index (χ0v) is 20.3. The van der Waals surface area contributed by atoms with Crippen molar-refractivity contribution >= 4 is 34.3 Å². The largest absolute Gasteiger partial charge is 0.443 e. The predicted octanol–water partition coefficient (Wildman–Crippen LogP) is 3.95. The number of carbonyl (C=O) groups is 1. The number of hydrazine groups is 2. The van der Waals surface area contributed by atoms with Gasteiger partial charge in [-0.3, -0.25) is 9.99 Å². The maximum Gasteiger partial charge on any atom is 0.424 e. The van der Waals surface area contributed by atoms with Gasteiger partial charge in [-0.1, -0.05) is 6.07 Å². The highest BCUT2D eigenvalue weighted by atomic mass is 19.1. The highest BCUT2D eigenvalue weighted by Crippen LogP contribution is 2.29. The zero-order valence-electron chi connectivity index (χ0n) is 20.3. The lowest BCUT2D eigenvalue weighted by Gasteiger charge is -2.32. The summed E-state index contributed by atoms with van der Waals surface area (Å²) in [4.78, 5) is 20.9. The maximum absolute atomic E-state index is 14.8. The standard InChI is InChI=1S/C24H29FN8O2/c1-14(15(2)32(27)23(34)35-24(3,4)5)30-21-19(25)12-17(13-26)22(31-21)33(28)18-8-9-20-16(11-18)7-6-10-29-20/h6-12,14-15H,27-28H2,1-5H3,(H,30,31)/t14-,15+/m1/s1. The van der Waals surface area contributed by atoms with E-state index in [9.17, 15) is 14.4 Å². The molecule has 0 radical (unpaired) electrons. The molecular weight excluding hydrogens is 451 g/mol. The lowest BCUT2D eigenvalue weighted by atomic mass is 10.1. The van der Waals surface area contributed by atoms with Gasteiger partial charge < -0.3 is 10.1 Å². The Morgan fingerprint density at radius 1 is 1.23 bits per heavy atom. The van der Waals surface area contributed by atoms with Crippen molar-refractivity contribution in [1.82, 2.24) is 15.0 Å². The molecule has 1 aromatic carbocycles. The Hall–Kier alpha value is -4.01. The Kier molecular flexibility index (Phi) is 7.38. The van der Waals surface area contributed by atoms with Gasteiger partial charge in [0.15, 0.2) is 17.5 Å². The summed E-state index contributed by atoms with van der Waals surface area (Å²) in [5.74, 6) is 11.4. The maximum atomic E-state index is 14.8. The van der Waals surface area contributed by atoms with E-state index in [2.05, 4.69) is 15.3 Å². The van der Waals surface area contributed by atoms with Crippen LogP contribution in [0.25, 0.3) is 10.9 Å². The number of pyridine rings is 2. The van der Waals surface area contributed by atoms with Gasteiger partial charge in [-0.15, -0.1) is 0 Å². The molecule has 0 bridgehead atoms. The predicted molar refractivity (Wildman–Crippen MR) is 132 cm³/mol. The van der Waals surface area contributed by atoms with Gasteiger partial charge in [0.2, 0.25) is 0 Å². The summed E-state index contributed by atoms with van der Waals surface area (Å²) < 4.78 is 20.1. The van der Waals surface area contributed by atoms with Crippen molar-refractivity contribution < 1.29 is 13.9 Å². The highest BCUT2D eigenvalue weighted by Gasteiger charge is 2.28. The first-order chi connectivity index (χ1) is 16.4. The highest BCUT2D eigenvalue weighted by molar-refractivity contribution is 5.83. The normalized spacial score (nSPS) is 13.0. The van der Waals surface area contributed by atoms with Crippen LogP contribution in [0.15, 0.2) is 42.6 Å². The number of aromatic nitrogens is 2. The Morgan fingerprint density at radius 2 is 1.94 bits per heavy atom. The molecule has 0 spiro atoms. The summed E-state index contributed by atoms with van der Waals surface area (Å²) >= 11 is 0. The Morgan fingerprint density at radius 3 is 2.60 bits per heavy atom. The van der Waals surface area contributed by atoms with E-state index in [1.165, 1.54) is 5.01 Å². The minimum absolute atomic E-state index is 0.0447. The average Bonchev–Trinajstić information content (AvgIpc) is 2.82. The van der Waals surface area contributed by atoms with Gasteiger partial charge in [0.1, 0.15) is 11.7 Å². The molecular formula is C24H29FN8O2. The number of hydrogen-bond donors (Lipinski definition) is 3. The van der Waals surface area contributed by atoms with E-state index < -0.39 is 29.6 Å². The smallest absolute Gasteiger partial charge is 0.424 e. The van der Waals surface area contributed by atoms with E-state index in [1.54, 1.807) is 65.1 Å². The van der Waals surface area contributed by atoms with Crippen molar-refractivity contribution in [3.63, 3.8) is 0 Å². The van der Waals surface area contributed by atoms with Gasteiger partial charge in [0.05, 0.1) is 22.8 Å². The number of ether oxygens (including phenoxy) is 1. The second kappa shape index (κ2) is 10.1. The first kappa shape index (κ1) is 25.6. The van der Waals surface area contributed by atoms with Crippen LogP contribution in [0.3, 0.4) is 0 Å². The number of benzene rings is 1. The van der Waals surface area contributed by atoms with Gasteiger partial charge in [0, 0.05) is 17.6 Å². The van der Waals surface area contributed by atoms with Crippen molar-refractivity contribution in [1.29, 1.82) is 5.26 Å². The van der Waals surface area contributed by atoms with Crippen molar-refractivity contribution in [2.45, 2.75) is 52.3 Å². The quantitative estimate of drug-likeness (QED) is 0.271. The summed E-state index contributed by atoms with van der Waals surface area (Å²) in [6.07, 6.45) is 0.967. The van der Waals surface area contributed by atoms with Gasteiger partial charge in [-0.2, -0.15) is 5.26 Å². The third-order valence-electron chi connectivity index (χ3n) is 5.30. The molecule has 0 unspecified atom stereocenters. The van der Waals surface area contributed by atoms with Crippen LogP contribution in [0.5, 0.6) is 0 Å². The number of anilines is 3. The van der Waals surface area contributed by atoms with Gasteiger partial charge >= 0.3 is 6.09 Å². The number of rotatable bonds is 6. The molecule has 2 aromatic heterocycles. The van der Waals surface area contributed by atoms with Gasteiger partial charge in [0.25, 0.3) is 0 Å². The fourth-order valence-electron chi connectivity index (χ4n) is 3.24. The molecule has 0 aliphatic heterocycles. The van der Waals surface area contributed by atoms with Crippen LogP contribution in [0.4, 0.5) is 26.5 Å². The van der Waals surface area contributed by atoms with Crippen molar-refractivity contribution in [2.24, 2.45) is 11.7 Å². The molecule has 0 aliphatic carbocycles. The average molecular weight is 481 g/mol. The third-order valence-corrected chi connectivity index (χ3v) is 5.30. The van der Waals surface area contributed by atoms with E-state index in [4.69, 9.17) is 16.4 Å². The van der Waals surface area contributed by atoms with Crippen LogP contribution in [0.1, 0.15) is 40.2 Å². The fourth-order valence-corrected chi connectivity index (χ4v) is 3.24. The molecule has 2 atom stereocenters. The number of hydrogen-bond acceptors (Lipinski definition) is 9. The van der Waals surface area contributed by atoms with E-state index in [-0.39, 0.29) is 17.2 Å². The third kappa shape index (κ3) is 5.92. The molecule has 0 fully saturated rings. The zero-order chi connectivity index (χ0) is 25.9. The molecule has 184 valence electrons. The second-order valence-corrected chi connectivity index (χ2v) is 9.11. The molecule has 3 aromatic rings. The second-order valence-electron chi connectivity index (χ2n) is 9.11. The lowest BCUT2D eigenvalue weighted by molar-refractivity contribution is 0.0160. The molecule has 0 saturated carbocycles. The van der Waals surface area contributed by atoms with Crippen LogP contribution >= 0.6 is 0 Å². The van der Waals surface area contributed by atoms with E-state index in [0.29, 0.717) is 5.69 Å². The van der Waals surface area contributed by atoms with Crippen molar-refractivity contribution in [3.8, 4) is 6.07 Å². The molecule has 11 heteroatoms. The van der Waals surface area contributed by atoms with Crippen LogP contribution in [0.2, 0.25) is 0 Å². The number of nitrogens with two attached hydrogens (primary N) is 2. The number of fused-ring (bicyclic) bond motifs is 1. The number of halogens is 1. The fraction of sp³-hybridized carbons (Fsp3) is 0.333. The van der Waals surface area contributed by atoms with Gasteiger partial charge in [-0.05, 0) is 65.0 Å². The SMILES string of the molecule is C[C@@H](Nc1nc(N(N)c2ccc3ncccc3c2)c(C#N)cc1F)[C@H](C)N(N)C(=O)OC(C)(C)C. The Labute approximate surface area is 203 Å². The molecule has 1 amide bonds. The number of carbonyl (C=O) groups excluding carboxylic acids is 1. The first-order valence-corrected chi connectivity index (χ1v) is 10.9. The Balaban J connectivity index is 1.87. The number of amides is 1. The number of nitrogens with one attached hydrogen (secondary N) is 1. The summed E-state index contributed by atoms with van der Waals surface area (Å²) in [6.45, 7) is 8.58. The van der Waals surface area contributed by atoms with E-state index in [1.807, 2.05) is 12.1 Å². The van der Waals surface area contributed by atoms with Crippen LogP contribution in [-0.4, -0.2) is 38.8 Å². The molecule has 10 nitrogen and oxygen atoms in total. The number of nitrogens with zero attached hydrogens (tertiary/aromatic N) is 5. The molecule has 0 aliphatic rings. The van der Waals surface area contributed by atoms with E-state index >= 15 is 0 Å². The minimum atomic E-state index is -0.749. The first-order valence-electron chi connectivity index (χ1n) is 10.9.